The number of hydrogen-bond donors (Lipinski definition) is 2. The minimum Gasteiger partial charge on any atom is -0.456 e. The highest BCUT2D eigenvalue weighted by atomic mass is 31.2. The largest absolute Gasteiger partial charge is 0.472 e. The molecule has 0 aliphatic carbocycles. The summed E-state index contributed by atoms with van der Waals surface area (Å²) in [5.41, 5.74) is 0. The quantitative estimate of drug-likeness (QED) is 0.0156. The molecule has 0 radical (unpaired) electrons. The average Bonchev–Trinajstić information content (AvgIpc) is 3.39. The highest BCUT2D eigenvalue weighted by molar-refractivity contribution is 7.47. The van der Waals surface area contributed by atoms with E-state index in [1.807, 2.05) is 39.4 Å². The van der Waals surface area contributed by atoms with E-state index in [1.165, 1.54) is 70.6 Å². The molecule has 9 nitrogen and oxygen atoms in total. The fourth-order valence-corrected chi connectivity index (χ4v) is 8.97. The van der Waals surface area contributed by atoms with Crippen molar-refractivity contribution in [3.8, 4) is 0 Å². The van der Waals surface area contributed by atoms with Gasteiger partial charge in [-0.05, 0) is 102 Å². The molecule has 3 unspecified atom stereocenters. The minimum atomic E-state index is -4.46. The Morgan fingerprint density at radius 2 is 0.896 bits per heavy atom. The van der Waals surface area contributed by atoms with E-state index in [4.69, 9.17) is 13.8 Å². The Bertz CT molecular complexity index is 1730. The average molecular weight is 1090 g/mol. The van der Waals surface area contributed by atoms with Crippen LogP contribution < -0.4 is 5.32 Å². The highest BCUT2D eigenvalue weighted by Gasteiger charge is 2.30. The molecule has 440 valence electrons. The van der Waals surface area contributed by atoms with Crippen molar-refractivity contribution in [2.75, 3.05) is 40.9 Å². The Balaban J connectivity index is 5.13. The fourth-order valence-electron chi connectivity index (χ4n) is 8.24. The zero-order valence-corrected chi connectivity index (χ0v) is 51.1. The molecule has 0 saturated carbocycles. The topological polar surface area (TPSA) is 111 Å². The van der Waals surface area contributed by atoms with Gasteiger partial charge in [0.1, 0.15) is 19.3 Å². The zero-order chi connectivity index (χ0) is 56.4. The van der Waals surface area contributed by atoms with Gasteiger partial charge >= 0.3 is 13.8 Å². The van der Waals surface area contributed by atoms with E-state index in [0.717, 1.165) is 135 Å². The maximum absolute atomic E-state index is 13.5. The van der Waals surface area contributed by atoms with Crippen LogP contribution in [0.2, 0.25) is 0 Å². The van der Waals surface area contributed by atoms with Crippen LogP contribution in [0, 0.1) is 0 Å². The van der Waals surface area contributed by atoms with E-state index in [2.05, 4.69) is 129 Å². The van der Waals surface area contributed by atoms with E-state index in [1.54, 1.807) is 0 Å². The number of nitrogens with zero attached hydrogens (tertiary/aromatic N) is 1. The molecule has 0 aliphatic heterocycles. The lowest BCUT2D eigenvalue weighted by molar-refractivity contribution is -0.870. The second kappa shape index (κ2) is 55.7. The van der Waals surface area contributed by atoms with Crippen molar-refractivity contribution in [2.45, 2.75) is 251 Å². The SMILES string of the molecule is CC/C=C\C/C=C\C/C=C\C/C=C\C/C=C\C/C=C\CCCCCCCCCCC(=O)OC(/C=C\CCCCCCCCCCC)C(COP(=O)(O)OCC[N+](C)(C)C)NC(=O)CCCCCCC\C=C/C=C/C=C/CC. The molecular weight excluding hydrogens is 976 g/mol. The molecule has 0 rings (SSSR count). The van der Waals surface area contributed by atoms with Gasteiger partial charge in [0.05, 0.1) is 33.8 Å². The third-order valence-corrected chi connectivity index (χ3v) is 13.9. The molecule has 0 bridgehead atoms. The van der Waals surface area contributed by atoms with Gasteiger partial charge in [0.25, 0.3) is 0 Å². The van der Waals surface area contributed by atoms with Gasteiger partial charge in [-0.15, -0.1) is 0 Å². The summed E-state index contributed by atoms with van der Waals surface area (Å²) in [6.07, 6.45) is 77.8. The second-order valence-electron chi connectivity index (χ2n) is 21.5. The summed E-state index contributed by atoms with van der Waals surface area (Å²) in [6, 6.07) is -0.869. The maximum Gasteiger partial charge on any atom is 0.472 e. The van der Waals surface area contributed by atoms with Crippen molar-refractivity contribution in [3.63, 3.8) is 0 Å². The molecule has 10 heteroatoms. The number of unbranched alkanes of at least 4 members (excludes halogenated alkanes) is 22. The fraction of sp³-hybridized carbons (Fsp3) is 0.672. The van der Waals surface area contributed by atoms with Crippen LogP contribution in [-0.2, 0) is 27.9 Å². The van der Waals surface area contributed by atoms with Gasteiger partial charge in [0.2, 0.25) is 5.91 Å². The molecule has 77 heavy (non-hydrogen) atoms. The van der Waals surface area contributed by atoms with Crippen molar-refractivity contribution in [1.82, 2.24) is 5.32 Å². The van der Waals surface area contributed by atoms with Gasteiger partial charge < -0.3 is 19.4 Å². The van der Waals surface area contributed by atoms with E-state index in [-0.39, 0.29) is 31.5 Å². The Morgan fingerprint density at radius 3 is 1.39 bits per heavy atom. The predicted octanol–water partition coefficient (Wildman–Crippen LogP) is 19.1. The van der Waals surface area contributed by atoms with Gasteiger partial charge in [0.15, 0.2) is 0 Å². The Labute approximate surface area is 473 Å². The summed E-state index contributed by atoms with van der Waals surface area (Å²) in [6.45, 7) is 6.72. The lowest BCUT2D eigenvalue weighted by Crippen LogP contribution is -2.47. The molecule has 0 aliphatic rings. The van der Waals surface area contributed by atoms with Crippen LogP contribution in [-0.4, -0.2) is 74.3 Å². The number of likely N-dealkylation sites (N-methyl/N-ethyl adjacent to an activating group) is 1. The first-order valence-corrected chi connectivity index (χ1v) is 32.4. The zero-order valence-electron chi connectivity index (χ0n) is 50.2. The predicted molar refractivity (Wildman–Crippen MR) is 332 cm³/mol. The monoisotopic (exact) mass is 1090 g/mol. The number of ether oxygens (including phenoxy) is 1. The first kappa shape index (κ1) is 73.4. The first-order chi connectivity index (χ1) is 37.4. The van der Waals surface area contributed by atoms with Crippen molar-refractivity contribution in [1.29, 1.82) is 0 Å². The number of phosphoric ester groups is 1. The van der Waals surface area contributed by atoms with E-state index in [0.29, 0.717) is 17.4 Å². The second-order valence-corrected chi connectivity index (χ2v) is 23.0. The number of carbonyl (C=O) groups is 2. The van der Waals surface area contributed by atoms with Gasteiger partial charge in [-0.1, -0.05) is 245 Å². The number of carbonyl (C=O) groups excluding carboxylic acids is 2. The van der Waals surface area contributed by atoms with Gasteiger partial charge in [-0.25, -0.2) is 4.57 Å². The number of rotatable bonds is 54. The standard InChI is InChI=1S/C67H115N2O7P/c1-7-10-13-16-19-22-25-27-28-29-30-31-32-33-34-35-36-37-38-39-40-42-45-48-51-54-57-60-67(71)76-65(58-55-52-49-46-43-24-21-18-15-12-9-3)64(63-75-77(72,73)74-62-61-69(4,5)6)68-66(70)59-56-53-50-47-44-41-26-23-20-17-14-11-8-2/h10-11,13-14,17,19-20,22-23,26-28,30-31,33-34,36-37,55,58,64-65H,7-9,12,15-16,18,21,24-25,29,32,35,38-54,56-57,59-63H2,1-6H3,(H-,68,70,72,73)/p+1/b13-10-,14-11+,20-17+,22-19-,26-23-,28-27-,31-30-,34-33-,37-36-,58-55-. The maximum atomic E-state index is 13.5. The molecular formula is C67H116N2O7P+. The number of esters is 1. The highest BCUT2D eigenvalue weighted by Crippen LogP contribution is 2.43. The van der Waals surface area contributed by atoms with Gasteiger partial charge in [0, 0.05) is 12.8 Å². The molecule has 0 aromatic heterocycles. The van der Waals surface area contributed by atoms with E-state index in [9.17, 15) is 19.0 Å². The molecule has 3 atom stereocenters. The molecule has 0 spiro atoms. The smallest absolute Gasteiger partial charge is 0.456 e. The van der Waals surface area contributed by atoms with Crippen LogP contribution in [0.4, 0.5) is 0 Å². The molecule has 0 saturated heterocycles. The van der Waals surface area contributed by atoms with Crippen LogP contribution in [0.1, 0.15) is 239 Å². The minimum absolute atomic E-state index is 0.0282. The normalized spacial score (nSPS) is 14.5. The van der Waals surface area contributed by atoms with Crippen molar-refractivity contribution in [3.05, 3.63) is 122 Å². The number of phosphoric acid groups is 1. The third-order valence-electron chi connectivity index (χ3n) is 13.0. The van der Waals surface area contributed by atoms with Crippen LogP contribution in [0.5, 0.6) is 0 Å². The molecule has 0 aromatic carbocycles. The van der Waals surface area contributed by atoms with Gasteiger partial charge in [-0.2, -0.15) is 0 Å². The molecule has 0 aromatic rings. The number of nitrogens with one attached hydrogen (secondary N) is 1. The summed E-state index contributed by atoms with van der Waals surface area (Å²) < 4.78 is 30.6. The van der Waals surface area contributed by atoms with Crippen molar-refractivity contribution in [2.24, 2.45) is 0 Å². The Kier molecular flexibility index (Phi) is 53.1. The van der Waals surface area contributed by atoms with Crippen LogP contribution >= 0.6 is 7.82 Å². The molecule has 2 N–H and O–H groups in total. The van der Waals surface area contributed by atoms with Crippen molar-refractivity contribution < 1.29 is 37.3 Å². The van der Waals surface area contributed by atoms with E-state index < -0.39 is 20.0 Å². The Hall–Kier alpha value is -3.59. The lowest BCUT2D eigenvalue weighted by Gasteiger charge is -2.27. The number of allylic oxidation sites excluding steroid dienone is 19. The summed E-state index contributed by atoms with van der Waals surface area (Å²) in [5.74, 6) is -0.548. The molecule has 0 fully saturated rings. The lowest BCUT2D eigenvalue weighted by atomic mass is 10.1. The number of quaternary nitrogens is 1. The molecule has 0 heterocycles. The van der Waals surface area contributed by atoms with Crippen LogP contribution in [0.25, 0.3) is 0 Å². The summed E-state index contributed by atoms with van der Waals surface area (Å²) in [4.78, 5) is 37.6. The van der Waals surface area contributed by atoms with Crippen molar-refractivity contribution >= 4 is 19.7 Å². The molecule has 1 amide bonds. The van der Waals surface area contributed by atoms with Crippen LogP contribution in [0.3, 0.4) is 0 Å². The summed E-state index contributed by atoms with van der Waals surface area (Å²) in [7, 11) is 1.46. The summed E-state index contributed by atoms with van der Waals surface area (Å²) in [5, 5.41) is 3.03. The number of hydrogen-bond acceptors (Lipinski definition) is 6. The van der Waals surface area contributed by atoms with Gasteiger partial charge in [-0.3, -0.25) is 18.6 Å². The Morgan fingerprint density at radius 1 is 0.481 bits per heavy atom. The first-order valence-electron chi connectivity index (χ1n) is 30.9. The van der Waals surface area contributed by atoms with E-state index >= 15 is 0 Å². The summed E-state index contributed by atoms with van der Waals surface area (Å²) >= 11 is 0. The number of amides is 1. The third kappa shape index (κ3) is 56.9. The van der Waals surface area contributed by atoms with Crippen LogP contribution in [0.15, 0.2) is 122 Å².